The zero-order valence-electron chi connectivity index (χ0n) is 18.4. The molecule has 0 spiro atoms. The molecule has 1 unspecified atom stereocenters. The molecule has 4 saturated carbocycles. The summed E-state index contributed by atoms with van der Waals surface area (Å²) < 4.78 is 13.5. The highest BCUT2D eigenvalue weighted by molar-refractivity contribution is 8.14. The van der Waals surface area contributed by atoms with Crippen molar-refractivity contribution < 1.29 is 9.18 Å². The Balaban J connectivity index is 0.00000231. The highest BCUT2D eigenvalue weighted by Crippen LogP contribution is 2.57. The van der Waals surface area contributed by atoms with Crippen molar-refractivity contribution in [1.29, 1.82) is 0 Å². The Morgan fingerprint density at radius 1 is 1.16 bits per heavy atom. The van der Waals surface area contributed by atoms with Crippen molar-refractivity contribution in [3.8, 4) is 0 Å². The molecule has 5 aliphatic rings. The number of hydrogen-bond donors (Lipinski definition) is 0. The van der Waals surface area contributed by atoms with Gasteiger partial charge in [-0.3, -0.25) is 14.7 Å². The van der Waals surface area contributed by atoms with Crippen molar-refractivity contribution >= 4 is 40.9 Å². The van der Waals surface area contributed by atoms with E-state index in [9.17, 15) is 9.18 Å². The largest absolute Gasteiger partial charge is 0.330 e. The van der Waals surface area contributed by atoms with Gasteiger partial charge in [-0.05, 0) is 87.0 Å². The second kappa shape index (κ2) is 8.93. The lowest BCUT2D eigenvalue weighted by atomic mass is 9.53. The van der Waals surface area contributed by atoms with Crippen LogP contribution in [-0.4, -0.2) is 40.0 Å². The molecule has 7 heteroatoms. The highest BCUT2D eigenvalue weighted by atomic mass is 35.5. The zero-order chi connectivity index (χ0) is 20.9. The lowest BCUT2D eigenvalue weighted by Gasteiger charge is -2.55. The number of amides is 1. The molecule has 5 fully saturated rings. The standard InChI is InChI=1S/C24H32FN3OS.ClH/c1-3-8-27-22(28(16(2)29)21-6-4-20(25)5-7-21)15-30-23(27)26-24-12-17-9-18(13-24)11-19(10-17)14-24;/h4-7,17-19,22H,3,8-15H2,1-2H3;1H. The molecule has 1 atom stereocenters. The van der Waals surface area contributed by atoms with E-state index in [4.69, 9.17) is 4.99 Å². The van der Waals surface area contributed by atoms with E-state index in [1.807, 2.05) is 4.90 Å². The monoisotopic (exact) mass is 465 g/mol. The molecule has 170 valence electrons. The molecule has 1 heterocycles. The van der Waals surface area contributed by atoms with Gasteiger partial charge in [0.15, 0.2) is 5.17 Å². The Labute approximate surface area is 195 Å². The van der Waals surface area contributed by atoms with Crippen LogP contribution < -0.4 is 4.90 Å². The quantitative estimate of drug-likeness (QED) is 0.558. The van der Waals surface area contributed by atoms with E-state index < -0.39 is 0 Å². The summed E-state index contributed by atoms with van der Waals surface area (Å²) in [4.78, 5) is 22.3. The van der Waals surface area contributed by atoms with Gasteiger partial charge in [-0.2, -0.15) is 0 Å². The predicted octanol–water partition coefficient (Wildman–Crippen LogP) is 5.71. The topological polar surface area (TPSA) is 35.9 Å². The first-order valence-corrected chi connectivity index (χ1v) is 12.5. The fraction of sp³-hybridized carbons (Fsp3) is 0.667. The molecule has 4 aliphatic carbocycles. The Morgan fingerprint density at radius 3 is 2.26 bits per heavy atom. The molecule has 0 N–H and O–H groups in total. The van der Waals surface area contributed by atoms with Crippen LogP contribution in [0.1, 0.15) is 58.8 Å². The molecular formula is C24H33ClFN3OS. The molecule has 4 nitrogen and oxygen atoms in total. The Kier molecular flexibility index (Phi) is 6.60. The van der Waals surface area contributed by atoms with Crippen molar-refractivity contribution in [2.45, 2.75) is 70.5 Å². The highest BCUT2D eigenvalue weighted by Gasteiger charge is 2.52. The first kappa shape index (κ1) is 22.9. The van der Waals surface area contributed by atoms with Gasteiger partial charge in [0, 0.05) is 24.9 Å². The molecule has 4 bridgehead atoms. The number of carbonyl (C=O) groups is 1. The summed E-state index contributed by atoms with van der Waals surface area (Å²) in [7, 11) is 0. The number of nitrogens with zero attached hydrogens (tertiary/aromatic N) is 3. The molecule has 0 aromatic heterocycles. The van der Waals surface area contributed by atoms with Crippen LogP contribution in [0.2, 0.25) is 0 Å². The normalized spacial score (nSPS) is 34.8. The second-order valence-electron chi connectivity index (χ2n) is 9.89. The molecule has 1 saturated heterocycles. The first-order valence-electron chi connectivity index (χ1n) is 11.5. The lowest BCUT2D eigenvalue weighted by molar-refractivity contribution is -0.117. The van der Waals surface area contributed by atoms with Crippen LogP contribution in [0.5, 0.6) is 0 Å². The first-order chi connectivity index (χ1) is 14.5. The van der Waals surface area contributed by atoms with Gasteiger partial charge in [-0.15, -0.1) is 12.4 Å². The van der Waals surface area contributed by atoms with Gasteiger partial charge >= 0.3 is 0 Å². The molecule has 1 aliphatic heterocycles. The van der Waals surface area contributed by atoms with Crippen LogP contribution in [-0.2, 0) is 4.79 Å². The number of rotatable bonds is 5. The fourth-order valence-electron chi connectivity index (χ4n) is 6.82. The summed E-state index contributed by atoms with van der Waals surface area (Å²) in [6, 6.07) is 6.28. The van der Waals surface area contributed by atoms with Gasteiger partial charge in [0.2, 0.25) is 5.91 Å². The van der Waals surface area contributed by atoms with Crippen LogP contribution in [0, 0.1) is 23.6 Å². The number of carbonyl (C=O) groups excluding carboxylic acids is 1. The van der Waals surface area contributed by atoms with E-state index in [0.717, 1.165) is 47.3 Å². The van der Waals surface area contributed by atoms with Crippen LogP contribution in [0.3, 0.4) is 0 Å². The maximum Gasteiger partial charge on any atom is 0.225 e. The number of aliphatic imine (C=N–C) groups is 1. The maximum absolute atomic E-state index is 13.5. The molecule has 0 radical (unpaired) electrons. The summed E-state index contributed by atoms with van der Waals surface area (Å²) in [5.41, 5.74) is 0.890. The van der Waals surface area contributed by atoms with Crippen molar-refractivity contribution in [2.75, 3.05) is 17.2 Å². The molecule has 1 amide bonds. The molecule has 6 rings (SSSR count). The Bertz CT molecular complexity index is 810. The SMILES string of the molecule is CCCN1C(=NC23CC4CC(CC(C4)C2)C3)SCC1N(C(C)=O)c1ccc(F)cc1.Cl. The van der Waals surface area contributed by atoms with Crippen molar-refractivity contribution in [3.63, 3.8) is 0 Å². The maximum atomic E-state index is 13.5. The minimum absolute atomic E-state index is 0. The molecule has 1 aromatic rings. The van der Waals surface area contributed by atoms with Crippen molar-refractivity contribution in [3.05, 3.63) is 30.1 Å². The van der Waals surface area contributed by atoms with Crippen LogP contribution in [0.25, 0.3) is 0 Å². The van der Waals surface area contributed by atoms with Crippen LogP contribution in [0.15, 0.2) is 29.3 Å². The van der Waals surface area contributed by atoms with Crippen LogP contribution in [0.4, 0.5) is 10.1 Å². The van der Waals surface area contributed by atoms with E-state index in [0.29, 0.717) is 0 Å². The predicted molar refractivity (Wildman–Crippen MR) is 128 cm³/mol. The van der Waals surface area contributed by atoms with Gasteiger partial charge in [0.25, 0.3) is 0 Å². The molecule has 1 aromatic carbocycles. The van der Waals surface area contributed by atoms with Crippen molar-refractivity contribution in [2.24, 2.45) is 22.7 Å². The number of halogens is 2. The lowest BCUT2D eigenvalue weighted by Crippen LogP contribution is -2.52. The Hall–Kier alpha value is -1.27. The second-order valence-corrected chi connectivity index (χ2v) is 10.9. The van der Waals surface area contributed by atoms with E-state index in [-0.39, 0.29) is 35.8 Å². The summed E-state index contributed by atoms with van der Waals surface area (Å²) in [5.74, 6) is 3.13. The van der Waals surface area contributed by atoms with Gasteiger partial charge < -0.3 is 4.90 Å². The average Bonchev–Trinajstić information content (AvgIpc) is 3.04. The third kappa shape index (κ3) is 4.35. The van der Waals surface area contributed by atoms with Gasteiger partial charge in [-0.1, -0.05) is 18.7 Å². The van der Waals surface area contributed by atoms with Crippen LogP contribution >= 0.6 is 24.2 Å². The van der Waals surface area contributed by atoms with Gasteiger partial charge in [0.05, 0.1) is 5.54 Å². The molecule has 31 heavy (non-hydrogen) atoms. The third-order valence-electron chi connectivity index (χ3n) is 7.51. The number of anilines is 1. The third-order valence-corrected chi connectivity index (χ3v) is 8.56. The molecular weight excluding hydrogens is 433 g/mol. The summed E-state index contributed by atoms with van der Waals surface area (Å²) >= 11 is 1.80. The summed E-state index contributed by atoms with van der Waals surface area (Å²) in [5, 5.41) is 1.12. The number of thioether (sulfide) groups is 1. The van der Waals surface area contributed by atoms with E-state index in [1.165, 1.54) is 50.7 Å². The Morgan fingerprint density at radius 2 is 1.74 bits per heavy atom. The number of benzene rings is 1. The zero-order valence-corrected chi connectivity index (χ0v) is 20.1. The summed E-state index contributed by atoms with van der Waals surface area (Å²) in [6.45, 7) is 4.67. The van der Waals surface area contributed by atoms with Gasteiger partial charge in [-0.25, -0.2) is 4.39 Å². The fourth-order valence-corrected chi connectivity index (χ4v) is 8.08. The smallest absolute Gasteiger partial charge is 0.225 e. The van der Waals surface area contributed by atoms with E-state index >= 15 is 0 Å². The van der Waals surface area contributed by atoms with E-state index in [1.54, 1.807) is 30.8 Å². The minimum Gasteiger partial charge on any atom is -0.330 e. The van der Waals surface area contributed by atoms with Gasteiger partial charge in [0.1, 0.15) is 12.0 Å². The number of amidine groups is 1. The summed E-state index contributed by atoms with van der Waals surface area (Å²) in [6.07, 6.45) is 8.95. The number of hydrogen-bond acceptors (Lipinski definition) is 3. The van der Waals surface area contributed by atoms with Crippen molar-refractivity contribution in [1.82, 2.24) is 4.90 Å². The average molecular weight is 466 g/mol. The van der Waals surface area contributed by atoms with E-state index in [2.05, 4.69) is 11.8 Å². The minimum atomic E-state index is -0.280.